The summed E-state index contributed by atoms with van der Waals surface area (Å²) in [5.41, 5.74) is 0. The highest BCUT2D eigenvalue weighted by molar-refractivity contribution is 5.76. The molecule has 496 valence electrons. The van der Waals surface area contributed by atoms with Gasteiger partial charge in [-0.2, -0.15) is 0 Å². The zero-order valence-electron chi connectivity index (χ0n) is 56.9. The fourth-order valence-electron chi connectivity index (χ4n) is 12.1. The van der Waals surface area contributed by atoms with Crippen LogP contribution in [0.5, 0.6) is 0 Å². The number of ether oxygens (including phenoxy) is 1. The minimum atomic E-state index is -0.663. The minimum Gasteiger partial charge on any atom is -0.466 e. The van der Waals surface area contributed by atoms with Crippen LogP contribution in [0.4, 0.5) is 0 Å². The third-order valence-corrected chi connectivity index (χ3v) is 17.9. The van der Waals surface area contributed by atoms with Crippen molar-refractivity contribution in [3.8, 4) is 0 Å². The number of amides is 1. The van der Waals surface area contributed by atoms with Gasteiger partial charge in [0.2, 0.25) is 5.91 Å². The first-order valence-electron chi connectivity index (χ1n) is 38.2. The number of aliphatic hydroxyl groups excluding tert-OH is 2. The Kier molecular flexibility index (Phi) is 71.9. The molecule has 6 heteroatoms. The van der Waals surface area contributed by atoms with Crippen LogP contribution in [0.1, 0.15) is 425 Å². The summed E-state index contributed by atoms with van der Waals surface area (Å²) < 4.78 is 5.50. The van der Waals surface area contributed by atoms with E-state index in [1.807, 2.05) is 0 Å². The number of carbonyl (C=O) groups is 2. The highest BCUT2D eigenvalue weighted by atomic mass is 16.5. The molecule has 2 atom stereocenters. The van der Waals surface area contributed by atoms with Crippen LogP contribution >= 0.6 is 0 Å². The summed E-state index contributed by atoms with van der Waals surface area (Å²) in [5, 5.41) is 23.4. The molecule has 0 aliphatic heterocycles. The molecule has 0 aromatic heterocycles. The average molecular weight is 1180 g/mol. The Morgan fingerprint density at radius 1 is 0.333 bits per heavy atom. The van der Waals surface area contributed by atoms with Crippen molar-refractivity contribution < 1.29 is 24.5 Å². The highest BCUT2D eigenvalue weighted by Gasteiger charge is 2.20. The molecule has 0 aromatic rings. The van der Waals surface area contributed by atoms with Crippen LogP contribution < -0.4 is 5.32 Å². The number of nitrogens with one attached hydrogen (secondary N) is 1. The summed E-state index contributed by atoms with van der Waals surface area (Å²) in [5.74, 6) is -0.0178. The molecular formula is C78H149NO5. The van der Waals surface area contributed by atoms with Crippen molar-refractivity contribution in [3.05, 3.63) is 36.5 Å². The van der Waals surface area contributed by atoms with Gasteiger partial charge in [-0.05, 0) is 83.5 Å². The molecule has 0 saturated carbocycles. The lowest BCUT2D eigenvalue weighted by Crippen LogP contribution is -2.45. The minimum absolute atomic E-state index is 0.0119. The first-order chi connectivity index (χ1) is 41.5. The number of esters is 1. The molecule has 3 N–H and O–H groups in total. The van der Waals surface area contributed by atoms with Gasteiger partial charge in [0.05, 0.1) is 25.4 Å². The second kappa shape index (κ2) is 73.5. The zero-order valence-corrected chi connectivity index (χ0v) is 56.9. The molecule has 2 unspecified atom stereocenters. The summed E-state index contributed by atoms with van der Waals surface area (Å²) in [6.45, 7) is 4.98. The molecule has 0 aliphatic carbocycles. The maximum absolute atomic E-state index is 12.5. The normalized spacial score (nSPS) is 12.7. The van der Waals surface area contributed by atoms with Gasteiger partial charge < -0.3 is 20.3 Å². The summed E-state index contributed by atoms with van der Waals surface area (Å²) in [6.07, 6.45) is 95.1. The Morgan fingerprint density at radius 3 is 0.917 bits per heavy atom. The van der Waals surface area contributed by atoms with E-state index in [1.54, 1.807) is 0 Å². The molecule has 0 heterocycles. The van der Waals surface area contributed by atoms with Gasteiger partial charge >= 0.3 is 5.97 Å². The lowest BCUT2D eigenvalue weighted by Gasteiger charge is -2.22. The smallest absolute Gasteiger partial charge is 0.305 e. The quantitative estimate of drug-likeness (QED) is 0.0320. The average Bonchev–Trinajstić information content (AvgIpc) is 3.50. The van der Waals surface area contributed by atoms with Gasteiger partial charge in [0, 0.05) is 12.8 Å². The van der Waals surface area contributed by atoms with Gasteiger partial charge in [0.25, 0.3) is 0 Å². The van der Waals surface area contributed by atoms with E-state index in [-0.39, 0.29) is 18.5 Å². The Hall–Kier alpha value is -1.92. The first kappa shape index (κ1) is 82.1. The third-order valence-electron chi connectivity index (χ3n) is 17.9. The summed E-state index contributed by atoms with van der Waals surface area (Å²) >= 11 is 0. The van der Waals surface area contributed by atoms with Gasteiger partial charge in [0.15, 0.2) is 0 Å². The predicted molar refractivity (Wildman–Crippen MR) is 370 cm³/mol. The lowest BCUT2D eigenvalue weighted by atomic mass is 10.0. The lowest BCUT2D eigenvalue weighted by molar-refractivity contribution is -0.143. The van der Waals surface area contributed by atoms with Crippen molar-refractivity contribution in [1.82, 2.24) is 5.32 Å². The van der Waals surface area contributed by atoms with Gasteiger partial charge in [-0.15, -0.1) is 0 Å². The monoisotopic (exact) mass is 1180 g/mol. The van der Waals surface area contributed by atoms with Crippen molar-refractivity contribution in [1.29, 1.82) is 0 Å². The Morgan fingerprint density at radius 2 is 0.595 bits per heavy atom. The van der Waals surface area contributed by atoms with Crippen molar-refractivity contribution >= 4 is 11.9 Å². The van der Waals surface area contributed by atoms with E-state index in [9.17, 15) is 19.8 Å². The van der Waals surface area contributed by atoms with Crippen LogP contribution in [0, 0.1) is 0 Å². The largest absolute Gasteiger partial charge is 0.466 e. The Labute approximate surface area is 525 Å². The van der Waals surface area contributed by atoms with Crippen LogP contribution in [0.15, 0.2) is 36.5 Å². The Bertz CT molecular complexity index is 1360. The molecule has 0 aliphatic rings. The standard InChI is InChI=1S/C78H149NO5/c1-3-5-7-9-11-13-15-17-19-21-40-44-48-52-56-60-64-68-72-78(83)84-73-69-65-61-57-53-49-45-41-38-36-34-32-30-28-26-24-22-23-25-27-29-31-33-35-37-39-43-47-51-55-59-63-67-71-77(82)79-75(74-80)76(81)70-66-62-58-54-50-46-42-20-18-16-14-12-10-8-6-4-2/h19,21,26,28,32,34,75-76,80-81H,3-18,20,22-25,27,29-31,33,35-74H2,1-2H3,(H,79,82)/b21-19-,28-26-,34-32-. The number of aliphatic hydroxyl groups is 2. The third kappa shape index (κ3) is 69.2. The molecule has 0 radical (unpaired) electrons. The number of carbonyl (C=O) groups excluding carboxylic acids is 2. The van der Waals surface area contributed by atoms with Crippen LogP contribution in [0.3, 0.4) is 0 Å². The maximum atomic E-state index is 12.5. The fourth-order valence-corrected chi connectivity index (χ4v) is 12.1. The Balaban J connectivity index is 3.37. The van der Waals surface area contributed by atoms with Crippen molar-refractivity contribution in [2.24, 2.45) is 0 Å². The first-order valence-corrected chi connectivity index (χ1v) is 38.2. The topological polar surface area (TPSA) is 95.9 Å². The molecule has 0 spiro atoms. The van der Waals surface area contributed by atoms with E-state index >= 15 is 0 Å². The van der Waals surface area contributed by atoms with Gasteiger partial charge in [0.1, 0.15) is 0 Å². The van der Waals surface area contributed by atoms with E-state index in [1.165, 1.54) is 340 Å². The van der Waals surface area contributed by atoms with E-state index in [0.29, 0.717) is 25.9 Å². The number of hydrogen-bond acceptors (Lipinski definition) is 5. The van der Waals surface area contributed by atoms with E-state index < -0.39 is 12.1 Å². The second-order valence-electron chi connectivity index (χ2n) is 26.3. The molecule has 0 fully saturated rings. The van der Waals surface area contributed by atoms with Crippen molar-refractivity contribution in [2.75, 3.05) is 13.2 Å². The number of unbranched alkanes of at least 4 members (excludes halogenated alkanes) is 55. The maximum Gasteiger partial charge on any atom is 0.305 e. The van der Waals surface area contributed by atoms with Crippen LogP contribution in [-0.2, 0) is 14.3 Å². The summed E-state index contributed by atoms with van der Waals surface area (Å²) in [4.78, 5) is 24.6. The highest BCUT2D eigenvalue weighted by Crippen LogP contribution is 2.19. The van der Waals surface area contributed by atoms with Gasteiger partial charge in [-0.1, -0.05) is 365 Å². The molecule has 0 bridgehead atoms. The zero-order chi connectivity index (χ0) is 60.6. The van der Waals surface area contributed by atoms with Crippen molar-refractivity contribution in [2.45, 2.75) is 437 Å². The van der Waals surface area contributed by atoms with E-state index in [4.69, 9.17) is 4.74 Å². The van der Waals surface area contributed by atoms with Crippen LogP contribution in [-0.4, -0.2) is 47.4 Å². The second-order valence-corrected chi connectivity index (χ2v) is 26.3. The molecule has 6 nitrogen and oxygen atoms in total. The summed E-state index contributed by atoms with van der Waals surface area (Å²) in [7, 11) is 0. The van der Waals surface area contributed by atoms with E-state index in [0.717, 1.165) is 51.4 Å². The van der Waals surface area contributed by atoms with Gasteiger partial charge in [-0.25, -0.2) is 0 Å². The fraction of sp³-hybridized carbons (Fsp3) is 0.897. The molecule has 84 heavy (non-hydrogen) atoms. The summed E-state index contributed by atoms with van der Waals surface area (Å²) in [6, 6.07) is -0.540. The number of hydrogen-bond donors (Lipinski definition) is 3. The number of rotatable bonds is 72. The molecular weight excluding hydrogens is 1030 g/mol. The molecule has 0 aromatic carbocycles. The van der Waals surface area contributed by atoms with Crippen LogP contribution in [0.25, 0.3) is 0 Å². The molecule has 0 rings (SSSR count). The SMILES string of the molecule is CCCCCCCCC/C=C\CCCCCCCCCC(=O)OCCCCCCCCCCC/C=C\C/C=C\CCCCCCCCCCCCCCCCCCCC(=O)NC(CO)C(O)CCCCCCCCCCCCCCCCCC. The van der Waals surface area contributed by atoms with Gasteiger partial charge in [-0.3, -0.25) is 9.59 Å². The predicted octanol–water partition coefficient (Wildman–Crippen LogP) is 25.0. The van der Waals surface area contributed by atoms with E-state index in [2.05, 4.69) is 55.6 Å². The van der Waals surface area contributed by atoms with Crippen LogP contribution in [0.2, 0.25) is 0 Å². The molecule has 0 saturated heterocycles. The molecule has 1 amide bonds. The van der Waals surface area contributed by atoms with Crippen molar-refractivity contribution in [3.63, 3.8) is 0 Å². The number of allylic oxidation sites excluding steroid dienone is 6.